The zero-order valence-electron chi connectivity index (χ0n) is 11.2. The SMILES string of the molecule is Cn1cnc([N+](=O)[O-])c1N1CCc2c(sc(N)c2C#N)C1. The van der Waals surface area contributed by atoms with Crippen molar-refractivity contribution in [3.05, 3.63) is 32.4 Å². The summed E-state index contributed by atoms with van der Waals surface area (Å²) in [6.45, 7) is 1.10. The Morgan fingerprint density at radius 3 is 3.05 bits per heavy atom. The van der Waals surface area contributed by atoms with Crippen LogP contribution in [0, 0.1) is 21.4 Å². The fourth-order valence-corrected chi connectivity index (χ4v) is 3.72. The molecule has 1 aliphatic rings. The molecular weight excluding hydrogens is 292 g/mol. The van der Waals surface area contributed by atoms with Gasteiger partial charge in [-0.3, -0.25) is 4.57 Å². The zero-order valence-corrected chi connectivity index (χ0v) is 12.1. The molecule has 8 nitrogen and oxygen atoms in total. The number of nitrogen functional groups attached to an aromatic ring is 1. The highest BCUT2D eigenvalue weighted by Gasteiger charge is 2.30. The van der Waals surface area contributed by atoms with Gasteiger partial charge >= 0.3 is 5.82 Å². The van der Waals surface area contributed by atoms with Crippen LogP contribution in [0.15, 0.2) is 6.33 Å². The Balaban J connectivity index is 2.00. The van der Waals surface area contributed by atoms with E-state index in [-0.39, 0.29) is 5.82 Å². The number of hydrogen-bond acceptors (Lipinski definition) is 7. The molecule has 108 valence electrons. The summed E-state index contributed by atoms with van der Waals surface area (Å²) >= 11 is 1.38. The maximum atomic E-state index is 11.1. The van der Waals surface area contributed by atoms with Crippen molar-refractivity contribution in [1.29, 1.82) is 5.26 Å². The van der Waals surface area contributed by atoms with E-state index in [1.807, 2.05) is 4.90 Å². The monoisotopic (exact) mass is 304 g/mol. The molecule has 0 aliphatic carbocycles. The number of aromatic nitrogens is 2. The third-order valence-electron chi connectivity index (χ3n) is 3.56. The Morgan fingerprint density at radius 2 is 2.38 bits per heavy atom. The molecule has 3 heterocycles. The Labute approximate surface area is 124 Å². The number of anilines is 2. The Bertz CT molecular complexity index is 772. The summed E-state index contributed by atoms with van der Waals surface area (Å²) in [5.41, 5.74) is 7.38. The van der Waals surface area contributed by atoms with Gasteiger partial charge in [0.15, 0.2) is 0 Å². The molecule has 0 aromatic carbocycles. The summed E-state index contributed by atoms with van der Waals surface area (Å²) in [6.07, 6.45) is 2.08. The molecule has 2 N–H and O–H groups in total. The summed E-state index contributed by atoms with van der Waals surface area (Å²) in [5, 5.41) is 20.7. The van der Waals surface area contributed by atoms with Gasteiger partial charge in [0.1, 0.15) is 11.1 Å². The molecule has 2 aromatic rings. The van der Waals surface area contributed by atoms with E-state index >= 15 is 0 Å². The smallest absolute Gasteiger partial charge is 0.389 e. The van der Waals surface area contributed by atoms with Gasteiger partial charge in [0, 0.05) is 18.5 Å². The summed E-state index contributed by atoms with van der Waals surface area (Å²) in [7, 11) is 1.73. The molecule has 0 atom stereocenters. The second kappa shape index (κ2) is 4.75. The van der Waals surface area contributed by atoms with Gasteiger partial charge < -0.3 is 20.7 Å². The third kappa shape index (κ3) is 2.00. The van der Waals surface area contributed by atoms with Crippen molar-refractivity contribution < 1.29 is 4.92 Å². The number of thiophene rings is 1. The highest BCUT2D eigenvalue weighted by Crippen LogP contribution is 2.37. The van der Waals surface area contributed by atoms with Crippen LogP contribution in [0.5, 0.6) is 0 Å². The lowest BCUT2D eigenvalue weighted by molar-refractivity contribution is -0.388. The van der Waals surface area contributed by atoms with Gasteiger partial charge in [-0.25, -0.2) is 0 Å². The van der Waals surface area contributed by atoms with Crippen LogP contribution in [0.4, 0.5) is 16.6 Å². The maximum absolute atomic E-state index is 11.1. The van der Waals surface area contributed by atoms with Crippen molar-refractivity contribution in [3.8, 4) is 6.07 Å². The number of imidazole rings is 1. The molecule has 0 fully saturated rings. The molecule has 0 amide bonds. The normalized spacial score (nSPS) is 13.8. The summed E-state index contributed by atoms with van der Waals surface area (Å²) in [5.74, 6) is 0.335. The number of rotatable bonds is 2. The average Bonchev–Trinajstić information content (AvgIpc) is 2.97. The first-order valence-corrected chi connectivity index (χ1v) is 7.05. The van der Waals surface area contributed by atoms with E-state index in [0.717, 1.165) is 10.4 Å². The summed E-state index contributed by atoms with van der Waals surface area (Å²) < 4.78 is 1.64. The number of nitrogens with two attached hydrogens (primary N) is 1. The number of nitriles is 1. The predicted octanol–water partition coefficient (Wildman–Crippen LogP) is 1.41. The molecule has 3 rings (SSSR count). The van der Waals surface area contributed by atoms with Gasteiger partial charge in [0.05, 0.1) is 12.1 Å². The maximum Gasteiger partial charge on any atom is 0.406 e. The van der Waals surface area contributed by atoms with Gasteiger partial charge in [-0.2, -0.15) is 5.26 Å². The summed E-state index contributed by atoms with van der Waals surface area (Å²) in [4.78, 5) is 17.3. The van der Waals surface area contributed by atoms with E-state index in [1.54, 1.807) is 11.6 Å². The van der Waals surface area contributed by atoms with Gasteiger partial charge in [0.2, 0.25) is 12.1 Å². The molecule has 0 saturated heterocycles. The Morgan fingerprint density at radius 1 is 1.62 bits per heavy atom. The fraction of sp³-hybridized carbons (Fsp3) is 0.333. The minimum atomic E-state index is -0.478. The number of nitro groups is 1. The Kier molecular flexibility index (Phi) is 3.03. The number of hydrogen-bond donors (Lipinski definition) is 1. The molecule has 9 heteroatoms. The lowest BCUT2D eigenvalue weighted by Crippen LogP contribution is -2.31. The number of fused-ring (bicyclic) bond motifs is 1. The molecule has 0 spiro atoms. The van der Waals surface area contributed by atoms with Gasteiger partial charge in [-0.15, -0.1) is 11.3 Å². The largest absolute Gasteiger partial charge is 0.406 e. The molecule has 0 radical (unpaired) electrons. The van der Waals surface area contributed by atoms with Crippen LogP contribution < -0.4 is 10.6 Å². The standard InChI is InChI=1S/C12H12N6O2S/c1-16-6-15-11(18(19)20)12(16)17-3-2-7-8(4-13)10(14)21-9(7)5-17/h6H,2-3,5,14H2,1H3. The van der Waals surface area contributed by atoms with Crippen molar-refractivity contribution in [3.63, 3.8) is 0 Å². The van der Waals surface area contributed by atoms with E-state index in [2.05, 4.69) is 11.1 Å². The topological polar surface area (TPSA) is 114 Å². The van der Waals surface area contributed by atoms with Crippen LogP contribution in [0.1, 0.15) is 16.0 Å². The molecule has 0 saturated carbocycles. The zero-order chi connectivity index (χ0) is 15.1. The van der Waals surface area contributed by atoms with E-state index in [1.165, 1.54) is 17.7 Å². The molecule has 1 aliphatic heterocycles. The van der Waals surface area contributed by atoms with E-state index < -0.39 is 4.92 Å². The fourth-order valence-electron chi connectivity index (χ4n) is 2.63. The third-order valence-corrected chi connectivity index (χ3v) is 4.60. The van der Waals surface area contributed by atoms with Gasteiger partial charge in [-0.1, -0.05) is 0 Å². The molecular formula is C12H12N6O2S. The number of nitrogens with zero attached hydrogens (tertiary/aromatic N) is 5. The average molecular weight is 304 g/mol. The molecule has 2 aromatic heterocycles. The first-order chi connectivity index (χ1) is 10.0. The van der Waals surface area contributed by atoms with Gasteiger partial charge in [-0.05, 0) is 21.9 Å². The lowest BCUT2D eigenvalue weighted by atomic mass is 10.0. The van der Waals surface area contributed by atoms with Crippen molar-refractivity contribution >= 4 is 28.0 Å². The summed E-state index contributed by atoms with van der Waals surface area (Å²) in [6, 6.07) is 2.14. The van der Waals surface area contributed by atoms with Crippen molar-refractivity contribution in [2.45, 2.75) is 13.0 Å². The van der Waals surface area contributed by atoms with Crippen molar-refractivity contribution in [2.75, 3.05) is 17.2 Å². The van der Waals surface area contributed by atoms with Crippen LogP contribution >= 0.6 is 11.3 Å². The lowest BCUT2D eigenvalue weighted by Gasteiger charge is -2.27. The van der Waals surface area contributed by atoms with E-state index in [0.29, 0.717) is 35.9 Å². The highest BCUT2D eigenvalue weighted by molar-refractivity contribution is 7.16. The van der Waals surface area contributed by atoms with Crippen LogP contribution in [0.25, 0.3) is 0 Å². The first-order valence-electron chi connectivity index (χ1n) is 6.23. The molecule has 0 bridgehead atoms. The van der Waals surface area contributed by atoms with Crippen LogP contribution in [0.2, 0.25) is 0 Å². The number of aryl methyl sites for hydroxylation is 1. The second-order valence-corrected chi connectivity index (χ2v) is 5.92. The predicted molar refractivity (Wildman–Crippen MR) is 78.1 cm³/mol. The second-order valence-electron chi connectivity index (χ2n) is 4.79. The molecule has 21 heavy (non-hydrogen) atoms. The van der Waals surface area contributed by atoms with Crippen LogP contribution in [-0.4, -0.2) is 21.0 Å². The van der Waals surface area contributed by atoms with Crippen LogP contribution in [0.3, 0.4) is 0 Å². The van der Waals surface area contributed by atoms with E-state index in [9.17, 15) is 10.1 Å². The van der Waals surface area contributed by atoms with E-state index in [4.69, 9.17) is 11.0 Å². The van der Waals surface area contributed by atoms with Crippen LogP contribution in [-0.2, 0) is 20.0 Å². The molecule has 0 unspecified atom stereocenters. The van der Waals surface area contributed by atoms with Crippen molar-refractivity contribution in [1.82, 2.24) is 9.55 Å². The minimum Gasteiger partial charge on any atom is -0.389 e. The first kappa shape index (κ1) is 13.4. The quantitative estimate of drug-likeness (QED) is 0.662. The minimum absolute atomic E-state index is 0.147. The highest BCUT2D eigenvalue weighted by atomic mass is 32.1. The Hall–Kier alpha value is -2.60. The van der Waals surface area contributed by atoms with Gasteiger partial charge in [0.25, 0.3) is 0 Å². The van der Waals surface area contributed by atoms with Crippen molar-refractivity contribution in [2.24, 2.45) is 7.05 Å².